The van der Waals surface area contributed by atoms with E-state index >= 15 is 0 Å². The number of nitro benzene ring substituents is 1. The predicted octanol–water partition coefficient (Wildman–Crippen LogP) is 3.22. The molecule has 0 aromatic heterocycles. The van der Waals surface area contributed by atoms with Crippen molar-refractivity contribution in [3.63, 3.8) is 0 Å². The third-order valence-electron chi connectivity index (χ3n) is 3.52. The molecule has 0 bridgehead atoms. The first-order valence-electron chi connectivity index (χ1n) is 7.12. The Morgan fingerprint density at radius 1 is 1.50 bits per heavy atom. The lowest BCUT2D eigenvalue weighted by Crippen LogP contribution is -2.20. The first-order chi connectivity index (χ1) is 9.45. The fourth-order valence-electron chi connectivity index (χ4n) is 2.58. The van der Waals surface area contributed by atoms with Crippen molar-refractivity contribution < 1.29 is 9.66 Å². The Bertz CT molecular complexity index is 488. The monoisotopic (exact) mass is 278 g/mol. The molecule has 1 atom stereocenters. The quantitative estimate of drug-likeness (QED) is 0.613. The Labute approximate surface area is 119 Å². The molecule has 1 aliphatic rings. The van der Waals surface area contributed by atoms with Gasteiger partial charge in [0.05, 0.1) is 11.0 Å². The molecule has 2 rings (SSSR count). The molecule has 1 aromatic carbocycles. The van der Waals surface area contributed by atoms with Gasteiger partial charge in [-0.05, 0) is 38.8 Å². The number of benzene rings is 1. The van der Waals surface area contributed by atoms with Gasteiger partial charge in [0.1, 0.15) is 5.75 Å². The van der Waals surface area contributed by atoms with Crippen molar-refractivity contribution in [2.45, 2.75) is 39.8 Å². The molecule has 0 N–H and O–H groups in total. The van der Waals surface area contributed by atoms with Crippen LogP contribution in [0.2, 0.25) is 0 Å². The molecule has 1 heterocycles. The Morgan fingerprint density at radius 2 is 2.25 bits per heavy atom. The van der Waals surface area contributed by atoms with Crippen LogP contribution in [0.25, 0.3) is 0 Å². The summed E-state index contributed by atoms with van der Waals surface area (Å²) in [6.45, 7) is 8.97. The van der Waals surface area contributed by atoms with Crippen LogP contribution in [0, 0.1) is 16.0 Å². The van der Waals surface area contributed by atoms with E-state index in [-0.39, 0.29) is 16.7 Å². The molecule has 0 radical (unpaired) electrons. The molecule has 1 aromatic rings. The van der Waals surface area contributed by atoms with E-state index in [1.54, 1.807) is 12.1 Å². The van der Waals surface area contributed by atoms with Gasteiger partial charge >= 0.3 is 0 Å². The molecule has 110 valence electrons. The molecule has 0 saturated carbocycles. The minimum absolute atomic E-state index is 0.0627. The lowest BCUT2D eigenvalue weighted by Gasteiger charge is -2.19. The van der Waals surface area contributed by atoms with Crippen LogP contribution in [0.4, 0.5) is 5.69 Å². The first kappa shape index (κ1) is 14.8. The summed E-state index contributed by atoms with van der Waals surface area (Å²) in [4.78, 5) is 12.9. The van der Waals surface area contributed by atoms with E-state index in [4.69, 9.17) is 4.74 Å². The minimum Gasteiger partial charge on any atom is -0.491 e. The SMILES string of the molecule is CC1CCN(Cc2cc([N+](=O)[O-])ccc2OC(C)C)C1. The summed E-state index contributed by atoms with van der Waals surface area (Å²) in [5, 5.41) is 10.9. The Hall–Kier alpha value is -1.62. The van der Waals surface area contributed by atoms with Gasteiger partial charge in [0.25, 0.3) is 5.69 Å². The summed E-state index contributed by atoms with van der Waals surface area (Å²) < 4.78 is 5.77. The van der Waals surface area contributed by atoms with Gasteiger partial charge in [-0.25, -0.2) is 0 Å². The zero-order chi connectivity index (χ0) is 14.7. The van der Waals surface area contributed by atoms with Gasteiger partial charge in [-0.15, -0.1) is 0 Å². The van der Waals surface area contributed by atoms with Crippen molar-refractivity contribution >= 4 is 5.69 Å². The van der Waals surface area contributed by atoms with Crippen LogP contribution < -0.4 is 4.74 Å². The Morgan fingerprint density at radius 3 is 2.80 bits per heavy atom. The maximum absolute atomic E-state index is 10.9. The molecule has 0 amide bonds. The second-order valence-corrected chi connectivity index (χ2v) is 5.84. The summed E-state index contributed by atoms with van der Waals surface area (Å²) in [6, 6.07) is 4.86. The second-order valence-electron chi connectivity index (χ2n) is 5.84. The number of hydrogen-bond donors (Lipinski definition) is 0. The predicted molar refractivity (Wildman–Crippen MR) is 77.9 cm³/mol. The van der Waals surface area contributed by atoms with Gasteiger partial charge in [0, 0.05) is 30.8 Å². The molecular formula is C15H22N2O3. The number of hydrogen-bond acceptors (Lipinski definition) is 4. The van der Waals surface area contributed by atoms with Gasteiger partial charge in [-0.1, -0.05) is 6.92 Å². The number of nitrogens with zero attached hydrogens (tertiary/aromatic N) is 2. The highest BCUT2D eigenvalue weighted by atomic mass is 16.6. The smallest absolute Gasteiger partial charge is 0.270 e. The van der Waals surface area contributed by atoms with Crippen molar-refractivity contribution in [2.24, 2.45) is 5.92 Å². The summed E-state index contributed by atoms with van der Waals surface area (Å²) in [5.41, 5.74) is 1.03. The van der Waals surface area contributed by atoms with Crippen LogP contribution in [0.15, 0.2) is 18.2 Å². The number of ether oxygens (including phenoxy) is 1. The van der Waals surface area contributed by atoms with Crippen LogP contribution in [0.3, 0.4) is 0 Å². The molecule has 0 aliphatic carbocycles. The normalized spacial score (nSPS) is 19.5. The molecule has 20 heavy (non-hydrogen) atoms. The number of nitro groups is 1. The molecule has 5 heteroatoms. The van der Waals surface area contributed by atoms with E-state index in [9.17, 15) is 10.1 Å². The zero-order valence-electron chi connectivity index (χ0n) is 12.3. The molecule has 1 saturated heterocycles. The largest absolute Gasteiger partial charge is 0.491 e. The summed E-state index contributed by atoms with van der Waals surface area (Å²) >= 11 is 0. The lowest BCUT2D eigenvalue weighted by atomic mass is 10.1. The van der Waals surface area contributed by atoms with Crippen molar-refractivity contribution in [1.29, 1.82) is 0 Å². The third kappa shape index (κ3) is 3.70. The molecule has 0 spiro atoms. The van der Waals surface area contributed by atoms with Crippen LogP contribution in [-0.2, 0) is 6.54 Å². The zero-order valence-corrected chi connectivity index (χ0v) is 12.3. The van der Waals surface area contributed by atoms with E-state index in [0.29, 0.717) is 12.5 Å². The molecular weight excluding hydrogens is 256 g/mol. The minimum atomic E-state index is -0.352. The number of rotatable bonds is 5. The van der Waals surface area contributed by atoms with Crippen molar-refractivity contribution in [3.05, 3.63) is 33.9 Å². The second kappa shape index (κ2) is 6.22. The van der Waals surface area contributed by atoms with Crippen LogP contribution >= 0.6 is 0 Å². The fraction of sp³-hybridized carbons (Fsp3) is 0.600. The molecule has 1 unspecified atom stereocenters. The van der Waals surface area contributed by atoms with Gasteiger partial charge in [-0.3, -0.25) is 15.0 Å². The first-order valence-corrected chi connectivity index (χ1v) is 7.12. The lowest BCUT2D eigenvalue weighted by molar-refractivity contribution is -0.385. The standard InChI is InChI=1S/C15H22N2O3/c1-11(2)20-15-5-4-14(17(18)19)8-13(15)10-16-7-6-12(3)9-16/h4-5,8,11-12H,6-7,9-10H2,1-3H3. The fourth-order valence-corrected chi connectivity index (χ4v) is 2.58. The maximum atomic E-state index is 10.9. The number of likely N-dealkylation sites (tertiary alicyclic amines) is 1. The van der Waals surface area contributed by atoms with Gasteiger partial charge in [0.15, 0.2) is 0 Å². The average molecular weight is 278 g/mol. The molecule has 1 fully saturated rings. The highest BCUT2D eigenvalue weighted by Gasteiger charge is 2.21. The Kier molecular flexibility index (Phi) is 4.60. The van der Waals surface area contributed by atoms with E-state index in [1.807, 2.05) is 13.8 Å². The average Bonchev–Trinajstić information content (AvgIpc) is 2.76. The third-order valence-corrected chi connectivity index (χ3v) is 3.52. The van der Waals surface area contributed by atoms with Crippen molar-refractivity contribution in [3.8, 4) is 5.75 Å². The highest BCUT2D eigenvalue weighted by molar-refractivity contribution is 5.44. The van der Waals surface area contributed by atoms with Gasteiger partial charge in [0.2, 0.25) is 0 Å². The summed E-state index contributed by atoms with van der Waals surface area (Å²) in [6.07, 6.45) is 1.25. The molecule has 5 nitrogen and oxygen atoms in total. The van der Waals surface area contributed by atoms with Crippen molar-refractivity contribution in [2.75, 3.05) is 13.1 Å². The van der Waals surface area contributed by atoms with Crippen LogP contribution in [0.5, 0.6) is 5.75 Å². The number of non-ortho nitro benzene ring substituents is 1. The topological polar surface area (TPSA) is 55.6 Å². The summed E-state index contributed by atoms with van der Waals surface area (Å²) in [7, 11) is 0. The molecule has 1 aliphatic heterocycles. The summed E-state index contributed by atoms with van der Waals surface area (Å²) in [5.74, 6) is 1.45. The van der Waals surface area contributed by atoms with Gasteiger partial charge < -0.3 is 4.74 Å². The van der Waals surface area contributed by atoms with E-state index < -0.39 is 0 Å². The van der Waals surface area contributed by atoms with Gasteiger partial charge in [-0.2, -0.15) is 0 Å². The van der Waals surface area contributed by atoms with E-state index in [2.05, 4.69) is 11.8 Å². The van der Waals surface area contributed by atoms with Crippen molar-refractivity contribution in [1.82, 2.24) is 4.90 Å². The Balaban J connectivity index is 2.21. The van der Waals surface area contributed by atoms with E-state index in [1.165, 1.54) is 12.5 Å². The van der Waals surface area contributed by atoms with Crippen LogP contribution in [-0.4, -0.2) is 29.0 Å². The maximum Gasteiger partial charge on any atom is 0.270 e. The van der Waals surface area contributed by atoms with Crippen LogP contribution in [0.1, 0.15) is 32.8 Å². The van der Waals surface area contributed by atoms with E-state index in [0.717, 1.165) is 24.4 Å². The highest BCUT2D eigenvalue weighted by Crippen LogP contribution is 2.28.